The highest BCUT2D eigenvalue weighted by atomic mass is 16.5. The molecule has 3 aromatic carbocycles. The Bertz CT molecular complexity index is 922. The molecule has 1 amide bonds. The molecule has 0 aromatic heterocycles. The van der Waals surface area contributed by atoms with Crippen LogP contribution in [-0.2, 0) is 19.7 Å². The molecule has 4 nitrogen and oxygen atoms in total. The number of esters is 1. The lowest BCUT2D eigenvalue weighted by Crippen LogP contribution is -2.46. The number of nitrogens with one attached hydrogen (secondary N) is 1. The van der Waals surface area contributed by atoms with E-state index in [9.17, 15) is 9.59 Å². The van der Waals surface area contributed by atoms with Gasteiger partial charge in [0.25, 0.3) is 0 Å². The van der Waals surface area contributed by atoms with Crippen LogP contribution in [-0.4, -0.2) is 25.0 Å². The first kappa shape index (κ1) is 24.2. The smallest absolute Gasteiger partial charge is 0.328 e. The molecular weight excluding hydrogens is 410 g/mol. The molecule has 0 saturated carbocycles. The molecular formula is C29H33NO3. The number of carbonyl (C=O) groups excluding carboxylic acids is 2. The Morgan fingerprint density at radius 2 is 1.24 bits per heavy atom. The van der Waals surface area contributed by atoms with E-state index in [-0.39, 0.29) is 18.2 Å². The molecule has 172 valence electrons. The Labute approximate surface area is 197 Å². The van der Waals surface area contributed by atoms with Crippen LogP contribution >= 0.6 is 0 Å². The van der Waals surface area contributed by atoms with Crippen LogP contribution in [0.2, 0.25) is 0 Å². The fourth-order valence-corrected chi connectivity index (χ4v) is 4.44. The van der Waals surface area contributed by atoms with E-state index in [0.29, 0.717) is 6.42 Å². The number of hydrogen-bond donors (Lipinski definition) is 1. The number of carbonyl (C=O) groups is 2. The zero-order valence-electron chi connectivity index (χ0n) is 19.7. The predicted octanol–water partition coefficient (Wildman–Crippen LogP) is 5.51. The maximum Gasteiger partial charge on any atom is 0.328 e. The number of hydrogen-bond acceptors (Lipinski definition) is 3. The molecule has 4 heteroatoms. The molecule has 33 heavy (non-hydrogen) atoms. The summed E-state index contributed by atoms with van der Waals surface area (Å²) in [5.41, 5.74) is 2.88. The maximum absolute atomic E-state index is 13.1. The van der Waals surface area contributed by atoms with E-state index in [1.807, 2.05) is 68.4 Å². The molecule has 0 radical (unpaired) electrons. The lowest BCUT2D eigenvalue weighted by atomic mass is 9.66. The number of rotatable bonds is 10. The molecule has 0 bridgehead atoms. The largest absolute Gasteiger partial charge is 0.467 e. The lowest BCUT2D eigenvalue weighted by molar-refractivity contribution is -0.146. The summed E-state index contributed by atoms with van der Waals surface area (Å²) in [5, 5.41) is 2.93. The minimum atomic E-state index is -0.646. The number of amides is 1. The van der Waals surface area contributed by atoms with E-state index in [1.165, 1.54) is 7.11 Å². The molecule has 0 aliphatic carbocycles. The second-order valence-electron chi connectivity index (χ2n) is 8.46. The number of benzene rings is 3. The van der Waals surface area contributed by atoms with Crippen LogP contribution in [0.25, 0.3) is 0 Å². The van der Waals surface area contributed by atoms with Gasteiger partial charge in [0.2, 0.25) is 5.91 Å². The molecule has 0 aliphatic heterocycles. The standard InChI is InChI=1S/C29H33NO3/c1-4-22(2)27(28(32)33-3)30-26(31)20-21-29(23-14-8-5-9-15-23,24-16-10-6-11-17-24)25-18-12-7-13-19-25/h5-19,22,27H,4,20-21H2,1-3H3,(H,30,31)/t22?,27-/m0/s1. The van der Waals surface area contributed by atoms with Gasteiger partial charge < -0.3 is 10.1 Å². The van der Waals surface area contributed by atoms with E-state index in [1.54, 1.807) is 0 Å². The molecule has 0 fully saturated rings. The van der Waals surface area contributed by atoms with Gasteiger partial charge in [0.1, 0.15) is 6.04 Å². The van der Waals surface area contributed by atoms with E-state index >= 15 is 0 Å². The van der Waals surface area contributed by atoms with Crippen molar-refractivity contribution in [3.63, 3.8) is 0 Å². The minimum absolute atomic E-state index is 0.0106. The summed E-state index contributed by atoms with van der Waals surface area (Å²) in [5.74, 6) is -0.570. The van der Waals surface area contributed by atoms with Gasteiger partial charge in [-0.1, -0.05) is 111 Å². The van der Waals surface area contributed by atoms with E-state index in [2.05, 4.69) is 41.7 Å². The van der Waals surface area contributed by atoms with Gasteiger partial charge in [-0.25, -0.2) is 4.79 Å². The third kappa shape index (κ3) is 5.51. The van der Waals surface area contributed by atoms with Gasteiger partial charge in [-0.15, -0.1) is 0 Å². The molecule has 3 rings (SSSR count). The van der Waals surface area contributed by atoms with Crippen molar-refractivity contribution < 1.29 is 14.3 Å². The Kier molecular flexibility index (Phi) is 8.42. The topological polar surface area (TPSA) is 55.4 Å². The van der Waals surface area contributed by atoms with Gasteiger partial charge in [-0.3, -0.25) is 4.79 Å². The van der Waals surface area contributed by atoms with E-state index in [4.69, 9.17) is 4.74 Å². The Hall–Kier alpha value is -3.40. The lowest BCUT2D eigenvalue weighted by Gasteiger charge is -2.36. The monoisotopic (exact) mass is 443 g/mol. The quantitative estimate of drug-likeness (QED) is 0.332. The molecule has 0 heterocycles. The van der Waals surface area contributed by atoms with Crippen LogP contribution in [0.4, 0.5) is 0 Å². The molecule has 1 unspecified atom stereocenters. The summed E-state index contributed by atoms with van der Waals surface area (Å²) < 4.78 is 4.94. The normalized spacial score (nSPS) is 13.1. The second-order valence-corrected chi connectivity index (χ2v) is 8.46. The zero-order chi connectivity index (χ0) is 23.7. The number of methoxy groups -OCH3 is 1. The summed E-state index contributed by atoms with van der Waals surface area (Å²) in [6, 6.07) is 30.3. The fraction of sp³-hybridized carbons (Fsp3) is 0.310. The van der Waals surface area contributed by atoms with Crippen molar-refractivity contribution in [2.45, 2.75) is 44.6 Å². The first-order valence-corrected chi connectivity index (χ1v) is 11.6. The van der Waals surface area contributed by atoms with Crippen molar-refractivity contribution >= 4 is 11.9 Å². The van der Waals surface area contributed by atoms with E-state index < -0.39 is 17.4 Å². The highest BCUT2D eigenvalue weighted by molar-refractivity contribution is 5.84. The summed E-state index contributed by atoms with van der Waals surface area (Å²) >= 11 is 0. The van der Waals surface area contributed by atoms with Crippen molar-refractivity contribution in [1.82, 2.24) is 5.32 Å². The van der Waals surface area contributed by atoms with Crippen LogP contribution in [0, 0.1) is 5.92 Å². The van der Waals surface area contributed by atoms with Crippen molar-refractivity contribution in [2.75, 3.05) is 7.11 Å². The first-order valence-electron chi connectivity index (χ1n) is 11.6. The van der Waals surface area contributed by atoms with Crippen molar-refractivity contribution in [1.29, 1.82) is 0 Å². The predicted molar refractivity (Wildman–Crippen MR) is 132 cm³/mol. The van der Waals surface area contributed by atoms with Gasteiger partial charge in [0, 0.05) is 11.8 Å². The van der Waals surface area contributed by atoms with Crippen LogP contribution in [0.5, 0.6) is 0 Å². The third-order valence-electron chi connectivity index (χ3n) is 6.51. The van der Waals surface area contributed by atoms with Gasteiger partial charge in [-0.2, -0.15) is 0 Å². The Morgan fingerprint density at radius 1 is 0.818 bits per heavy atom. The van der Waals surface area contributed by atoms with Crippen LogP contribution < -0.4 is 5.32 Å². The first-order chi connectivity index (χ1) is 16.0. The van der Waals surface area contributed by atoms with Crippen molar-refractivity contribution in [2.24, 2.45) is 5.92 Å². The summed E-state index contributed by atoms with van der Waals surface area (Å²) in [7, 11) is 1.36. The van der Waals surface area contributed by atoms with Crippen LogP contribution in [0.1, 0.15) is 49.8 Å². The highest BCUT2D eigenvalue weighted by Crippen LogP contribution is 2.43. The number of ether oxygens (including phenoxy) is 1. The fourth-order valence-electron chi connectivity index (χ4n) is 4.44. The zero-order valence-corrected chi connectivity index (χ0v) is 19.7. The molecule has 1 N–H and O–H groups in total. The van der Waals surface area contributed by atoms with Gasteiger partial charge in [0.05, 0.1) is 7.11 Å². The SMILES string of the molecule is CCC(C)[C@H](NC(=O)CCC(c1ccccc1)(c1ccccc1)c1ccccc1)C(=O)OC. The van der Waals surface area contributed by atoms with Crippen LogP contribution in [0.3, 0.4) is 0 Å². The Balaban J connectivity index is 1.99. The third-order valence-corrected chi connectivity index (χ3v) is 6.51. The average molecular weight is 444 g/mol. The van der Waals surface area contributed by atoms with E-state index in [0.717, 1.165) is 23.1 Å². The molecule has 3 aromatic rings. The molecule has 0 spiro atoms. The van der Waals surface area contributed by atoms with Crippen molar-refractivity contribution in [3.8, 4) is 0 Å². The van der Waals surface area contributed by atoms with Crippen molar-refractivity contribution in [3.05, 3.63) is 108 Å². The minimum Gasteiger partial charge on any atom is -0.467 e. The average Bonchev–Trinajstić information content (AvgIpc) is 2.88. The Morgan fingerprint density at radius 3 is 1.61 bits per heavy atom. The molecule has 2 atom stereocenters. The maximum atomic E-state index is 13.1. The summed E-state index contributed by atoms with van der Waals surface area (Å²) in [4.78, 5) is 25.4. The highest BCUT2D eigenvalue weighted by Gasteiger charge is 2.37. The van der Waals surface area contributed by atoms with Crippen LogP contribution in [0.15, 0.2) is 91.0 Å². The van der Waals surface area contributed by atoms with Gasteiger partial charge in [0.15, 0.2) is 0 Å². The van der Waals surface area contributed by atoms with Gasteiger partial charge in [-0.05, 0) is 29.0 Å². The second kappa shape index (κ2) is 11.5. The van der Waals surface area contributed by atoms with Gasteiger partial charge >= 0.3 is 5.97 Å². The summed E-state index contributed by atoms with van der Waals surface area (Å²) in [6.45, 7) is 3.95. The molecule has 0 aliphatic rings. The summed E-state index contributed by atoms with van der Waals surface area (Å²) in [6.07, 6.45) is 1.59. The molecule has 0 saturated heterocycles.